The lowest BCUT2D eigenvalue weighted by Crippen LogP contribution is -2.41. The number of nitrogens with zero attached hydrogens (tertiary/aromatic N) is 2. The quantitative estimate of drug-likeness (QED) is 0.699. The monoisotopic (exact) mass is 296 g/mol. The van der Waals surface area contributed by atoms with Crippen LogP contribution >= 0.6 is 11.3 Å². The smallest absolute Gasteiger partial charge is 0.227 e. The SMILES string of the molecule is CCN(CC)CCN(CC(C)C)C(=O)Cc1cccs1. The molecule has 1 heterocycles. The number of hydrogen-bond acceptors (Lipinski definition) is 3. The van der Waals surface area contributed by atoms with E-state index in [1.165, 1.54) is 0 Å². The number of carbonyl (C=O) groups is 1. The van der Waals surface area contributed by atoms with Crippen LogP contribution in [0.4, 0.5) is 0 Å². The van der Waals surface area contributed by atoms with Crippen LogP contribution in [0.15, 0.2) is 17.5 Å². The molecule has 0 saturated heterocycles. The molecule has 0 saturated carbocycles. The van der Waals surface area contributed by atoms with Gasteiger partial charge in [0.05, 0.1) is 6.42 Å². The van der Waals surface area contributed by atoms with Gasteiger partial charge in [-0.1, -0.05) is 33.8 Å². The minimum atomic E-state index is 0.258. The Kier molecular flexibility index (Phi) is 7.85. The predicted octanol–water partition coefficient (Wildman–Crippen LogP) is 3.12. The van der Waals surface area contributed by atoms with E-state index in [2.05, 4.69) is 32.6 Å². The highest BCUT2D eigenvalue weighted by molar-refractivity contribution is 7.10. The zero-order valence-corrected chi connectivity index (χ0v) is 14.1. The molecular formula is C16H28N2OS. The summed E-state index contributed by atoms with van der Waals surface area (Å²) in [5.41, 5.74) is 0. The summed E-state index contributed by atoms with van der Waals surface area (Å²) in [6, 6.07) is 4.05. The van der Waals surface area contributed by atoms with Crippen LogP contribution in [0, 0.1) is 5.92 Å². The Hall–Kier alpha value is -0.870. The van der Waals surface area contributed by atoms with Gasteiger partial charge in [0, 0.05) is 24.5 Å². The minimum absolute atomic E-state index is 0.258. The zero-order valence-electron chi connectivity index (χ0n) is 13.3. The molecule has 0 aliphatic carbocycles. The average Bonchev–Trinajstić information content (AvgIpc) is 2.90. The normalized spacial score (nSPS) is 11.3. The van der Waals surface area contributed by atoms with Gasteiger partial charge in [0.25, 0.3) is 0 Å². The zero-order chi connectivity index (χ0) is 15.0. The van der Waals surface area contributed by atoms with Gasteiger partial charge in [0.1, 0.15) is 0 Å². The van der Waals surface area contributed by atoms with Gasteiger partial charge in [-0.25, -0.2) is 0 Å². The fourth-order valence-electron chi connectivity index (χ4n) is 2.23. The van der Waals surface area contributed by atoms with Crippen molar-refractivity contribution in [1.29, 1.82) is 0 Å². The van der Waals surface area contributed by atoms with Gasteiger partial charge >= 0.3 is 0 Å². The van der Waals surface area contributed by atoms with E-state index in [0.717, 1.165) is 37.6 Å². The van der Waals surface area contributed by atoms with Crippen LogP contribution in [0.3, 0.4) is 0 Å². The number of likely N-dealkylation sites (N-methyl/N-ethyl adjacent to an activating group) is 1. The van der Waals surface area contributed by atoms with E-state index in [1.54, 1.807) is 11.3 Å². The fraction of sp³-hybridized carbons (Fsp3) is 0.688. The number of rotatable bonds is 9. The first-order valence-electron chi connectivity index (χ1n) is 7.59. The lowest BCUT2D eigenvalue weighted by atomic mass is 10.2. The van der Waals surface area contributed by atoms with E-state index in [4.69, 9.17) is 0 Å². The Labute approximate surface area is 127 Å². The highest BCUT2D eigenvalue weighted by atomic mass is 32.1. The topological polar surface area (TPSA) is 23.6 Å². The summed E-state index contributed by atoms with van der Waals surface area (Å²) in [5.74, 6) is 0.771. The van der Waals surface area contributed by atoms with E-state index in [0.29, 0.717) is 12.3 Å². The van der Waals surface area contributed by atoms with Gasteiger partial charge in [-0.2, -0.15) is 0 Å². The van der Waals surface area contributed by atoms with Gasteiger partial charge in [-0.05, 0) is 30.5 Å². The average molecular weight is 296 g/mol. The molecule has 1 rings (SSSR count). The van der Waals surface area contributed by atoms with Gasteiger partial charge in [0.15, 0.2) is 0 Å². The van der Waals surface area contributed by atoms with Crippen LogP contribution in [-0.4, -0.2) is 48.4 Å². The van der Waals surface area contributed by atoms with Crippen molar-refractivity contribution in [2.75, 3.05) is 32.7 Å². The van der Waals surface area contributed by atoms with Crippen LogP contribution in [0.25, 0.3) is 0 Å². The van der Waals surface area contributed by atoms with Crippen LogP contribution in [0.2, 0.25) is 0 Å². The standard InChI is InChI=1S/C16H28N2OS/c1-5-17(6-2)9-10-18(13-14(3)4)16(19)12-15-8-7-11-20-15/h7-8,11,14H,5-6,9-10,12-13H2,1-4H3. The third kappa shape index (κ3) is 6.06. The largest absolute Gasteiger partial charge is 0.341 e. The summed E-state index contributed by atoms with van der Waals surface area (Å²) >= 11 is 1.66. The highest BCUT2D eigenvalue weighted by Crippen LogP contribution is 2.11. The van der Waals surface area contributed by atoms with E-state index < -0.39 is 0 Å². The lowest BCUT2D eigenvalue weighted by molar-refractivity contribution is -0.131. The molecule has 0 aliphatic rings. The second-order valence-corrected chi connectivity index (χ2v) is 6.55. The lowest BCUT2D eigenvalue weighted by Gasteiger charge is -2.28. The molecule has 1 aromatic rings. The molecule has 0 aromatic carbocycles. The Bertz CT molecular complexity index is 372. The first kappa shape index (κ1) is 17.2. The molecule has 4 heteroatoms. The molecular weight excluding hydrogens is 268 g/mol. The molecule has 114 valence electrons. The maximum absolute atomic E-state index is 12.4. The molecule has 0 radical (unpaired) electrons. The van der Waals surface area contributed by atoms with Crippen molar-refractivity contribution < 1.29 is 4.79 Å². The molecule has 0 N–H and O–H groups in total. The summed E-state index contributed by atoms with van der Waals surface area (Å²) in [4.78, 5) is 18.0. The van der Waals surface area contributed by atoms with Crippen molar-refractivity contribution in [3.8, 4) is 0 Å². The van der Waals surface area contributed by atoms with Crippen molar-refractivity contribution in [1.82, 2.24) is 9.80 Å². The summed E-state index contributed by atoms with van der Waals surface area (Å²) in [7, 11) is 0. The van der Waals surface area contributed by atoms with Gasteiger partial charge in [-0.3, -0.25) is 4.79 Å². The molecule has 0 unspecified atom stereocenters. The van der Waals surface area contributed by atoms with Gasteiger partial charge < -0.3 is 9.80 Å². The molecule has 20 heavy (non-hydrogen) atoms. The minimum Gasteiger partial charge on any atom is -0.341 e. The second-order valence-electron chi connectivity index (χ2n) is 5.52. The van der Waals surface area contributed by atoms with Gasteiger partial charge in [-0.15, -0.1) is 11.3 Å². The van der Waals surface area contributed by atoms with Crippen molar-refractivity contribution in [2.24, 2.45) is 5.92 Å². The Morgan fingerprint density at radius 1 is 1.25 bits per heavy atom. The number of hydrogen-bond donors (Lipinski definition) is 0. The second kappa shape index (κ2) is 9.14. The summed E-state index contributed by atoms with van der Waals surface area (Å²) in [6.07, 6.45) is 0.544. The first-order valence-corrected chi connectivity index (χ1v) is 8.47. The van der Waals surface area contributed by atoms with E-state index in [9.17, 15) is 4.79 Å². The molecule has 0 atom stereocenters. The third-order valence-corrected chi connectivity index (χ3v) is 4.30. The van der Waals surface area contributed by atoms with E-state index >= 15 is 0 Å². The fourth-order valence-corrected chi connectivity index (χ4v) is 2.93. The molecule has 1 amide bonds. The molecule has 1 aromatic heterocycles. The van der Waals surface area contributed by atoms with Crippen LogP contribution in [0.1, 0.15) is 32.6 Å². The molecule has 0 fully saturated rings. The molecule has 0 aliphatic heterocycles. The third-order valence-electron chi connectivity index (χ3n) is 3.42. The maximum Gasteiger partial charge on any atom is 0.227 e. The van der Waals surface area contributed by atoms with Crippen molar-refractivity contribution in [3.05, 3.63) is 22.4 Å². The van der Waals surface area contributed by atoms with Gasteiger partial charge in [0.2, 0.25) is 5.91 Å². The van der Waals surface area contributed by atoms with Crippen LogP contribution < -0.4 is 0 Å². The maximum atomic E-state index is 12.4. The van der Waals surface area contributed by atoms with Crippen LogP contribution in [0.5, 0.6) is 0 Å². The highest BCUT2D eigenvalue weighted by Gasteiger charge is 2.16. The van der Waals surface area contributed by atoms with Crippen molar-refractivity contribution >= 4 is 17.2 Å². The van der Waals surface area contributed by atoms with Crippen molar-refractivity contribution in [3.63, 3.8) is 0 Å². The summed E-state index contributed by atoms with van der Waals surface area (Å²) in [5, 5.41) is 2.03. The number of amides is 1. The Morgan fingerprint density at radius 3 is 2.45 bits per heavy atom. The van der Waals surface area contributed by atoms with Crippen LogP contribution in [-0.2, 0) is 11.2 Å². The van der Waals surface area contributed by atoms with Crippen molar-refractivity contribution in [2.45, 2.75) is 34.1 Å². The Morgan fingerprint density at radius 2 is 1.95 bits per heavy atom. The number of carbonyl (C=O) groups excluding carboxylic acids is 1. The number of thiophene rings is 1. The Balaban J connectivity index is 2.55. The molecule has 3 nitrogen and oxygen atoms in total. The first-order chi connectivity index (χ1) is 9.56. The molecule has 0 bridgehead atoms. The molecule has 0 spiro atoms. The predicted molar refractivity (Wildman–Crippen MR) is 87.2 cm³/mol. The summed E-state index contributed by atoms with van der Waals surface area (Å²) in [6.45, 7) is 13.4. The summed E-state index contributed by atoms with van der Waals surface area (Å²) < 4.78 is 0. The van der Waals surface area contributed by atoms with E-state index in [-0.39, 0.29) is 5.91 Å². The van der Waals surface area contributed by atoms with E-state index in [1.807, 2.05) is 22.4 Å².